The SMILES string of the molecule is CN1CCCCC1COc1cc(-c2cnc3c(c2)CCCO3)c2c(c1C(N)=O)NCN2OS(C)(=O)=O. The van der Waals surface area contributed by atoms with E-state index < -0.39 is 16.0 Å². The molecule has 3 N–H and O–H groups in total. The third-order valence-corrected chi connectivity index (χ3v) is 7.25. The fourth-order valence-electron chi connectivity index (χ4n) is 5.04. The lowest BCUT2D eigenvalue weighted by atomic mass is 9.97. The Morgan fingerprint density at radius 3 is 2.89 bits per heavy atom. The molecule has 1 saturated heterocycles. The minimum absolute atomic E-state index is 0.00593. The molecule has 0 aliphatic carbocycles. The predicted molar refractivity (Wildman–Crippen MR) is 135 cm³/mol. The molecule has 3 aliphatic heterocycles. The summed E-state index contributed by atoms with van der Waals surface area (Å²) >= 11 is 0. The minimum Gasteiger partial charge on any atom is -0.491 e. The van der Waals surface area contributed by atoms with Gasteiger partial charge in [0.1, 0.15) is 24.6 Å². The summed E-state index contributed by atoms with van der Waals surface area (Å²) in [5, 5.41) is 4.29. The average Bonchev–Trinajstić information content (AvgIpc) is 3.24. The largest absolute Gasteiger partial charge is 0.491 e. The highest BCUT2D eigenvalue weighted by Gasteiger charge is 2.34. The van der Waals surface area contributed by atoms with Gasteiger partial charge in [0.15, 0.2) is 0 Å². The van der Waals surface area contributed by atoms with Gasteiger partial charge in [-0.1, -0.05) is 6.42 Å². The standard InChI is InChI=1S/C24H31N5O6S/c1-28-8-4-3-7-17(28)13-34-19-11-18(16-10-15-6-5-9-33-24(15)26-12-16)22-21(20(19)23(25)30)27-14-29(22)35-36(2,31)32/h10-12,17,27H,3-9,13-14H2,1-2H3,(H2,25,30). The second-order valence-electron chi connectivity index (χ2n) is 9.46. The van der Waals surface area contributed by atoms with Crippen molar-refractivity contribution in [2.24, 2.45) is 5.73 Å². The number of nitrogens with one attached hydrogen (secondary N) is 1. The van der Waals surface area contributed by atoms with Gasteiger partial charge in [0.25, 0.3) is 16.0 Å². The molecule has 1 amide bonds. The van der Waals surface area contributed by atoms with Gasteiger partial charge in [0.05, 0.1) is 24.2 Å². The van der Waals surface area contributed by atoms with E-state index in [0.29, 0.717) is 41.8 Å². The number of nitrogens with two attached hydrogens (primary N) is 1. The first-order chi connectivity index (χ1) is 17.2. The topological polar surface area (TPSA) is 136 Å². The Morgan fingerprint density at radius 1 is 1.31 bits per heavy atom. The van der Waals surface area contributed by atoms with Crippen molar-refractivity contribution in [3.63, 3.8) is 0 Å². The Labute approximate surface area is 210 Å². The lowest BCUT2D eigenvalue weighted by molar-refractivity contribution is 0.0988. The number of ether oxygens (including phenoxy) is 2. The maximum Gasteiger partial charge on any atom is 0.285 e. The molecule has 1 unspecified atom stereocenters. The second-order valence-corrected chi connectivity index (χ2v) is 11.0. The van der Waals surface area contributed by atoms with E-state index in [1.807, 2.05) is 6.07 Å². The molecule has 1 atom stereocenters. The summed E-state index contributed by atoms with van der Waals surface area (Å²) in [5.41, 5.74) is 8.99. The van der Waals surface area contributed by atoms with E-state index in [9.17, 15) is 13.2 Å². The number of hydrogen-bond donors (Lipinski definition) is 2. The number of amides is 1. The van der Waals surface area contributed by atoms with Crippen LogP contribution in [-0.2, 0) is 20.8 Å². The fraction of sp³-hybridized carbons (Fsp3) is 0.500. The molecule has 0 radical (unpaired) electrons. The van der Waals surface area contributed by atoms with E-state index in [1.165, 1.54) is 5.06 Å². The number of carbonyl (C=O) groups excluding carboxylic acids is 1. The van der Waals surface area contributed by atoms with Crippen LogP contribution in [0.1, 0.15) is 41.6 Å². The van der Waals surface area contributed by atoms with Crippen molar-refractivity contribution in [1.82, 2.24) is 9.88 Å². The number of hydrogen-bond acceptors (Lipinski definition) is 10. The summed E-state index contributed by atoms with van der Waals surface area (Å²) < 4.78 is 41.1. The van der Waals surface area contributed by atoms with Crippen molar-refractivity contribution in [3.05, 3.63) is 29.5 Å². The first-order valence-corrected chi connectivity index (χ1v) is 13.9. The number of hydroxylamine groups is 1. The Hall–Kier alpha value is -3.09. The first kappa shape index (κ1) is 24.6. The number of anilines is 2. The summed E-state index contributed by atoms with van der Waals surface area (Å²) in [6.45, 7) is 2.02. The number of aryl methyl sites for hydroxylation is 1. The number of aromatic nitrogens is 1. The van der Waals surface area contributed by atoms with E-state index >= 15 is 0 Å². The molecule has 1 fully saturated rings. The normalized spacial score (nSPS) is 19.7. The number of fused-ring (bicyclic) bond motifs is 2. The highest BCUT2D eigenvalue weighted by molar-refractivity contribution is 7.86. The van der Waals surface area contributed by atoms with Crippen LogP contribution >= 0.6 is 0 Å². The quantitative estimate of drug-likeness (QED) is 0.562. The van der Waals surface area contributed by atoms with Crippen LogP contribution in [0.3, 0.4) is 0 Å². The number of likely N-dealkylation sites (tertiary alicyclic amines) is 1. The smallest absolute Gasteiger partial charge is 0.285 e. The molecule has 3 aliphatic rings. The summed E-state index contributed by atoms with van der Waals surface area (Å²) in [6, 6.07) is 3.91. The maximum absolute atomic E-state index is 12.6. The number of likely N-dealkylation sites (N-methyl/N-ethyl adjacent to an activating group) is 1. The zero-order valence-corrected chi connectivity index (χ0v) is 21.3. The highest BCUT2D eigenvalue weighted by Crippen LogP contribution is 2.48. The predicted octanol–water partition coefficient (Wildman–Crippen LogP) is 2.12. The molecule has 194 valence electrons. The van der Waals surface area contributed by atoms with Gasteiger partial charge in [-0.05, 0) is 51.4 Å². The van der Waals surface area contributed by atoms with Crippen LogP contribution in [0.5, 0.6) is 11.6 Å². The molecule has 36 heavy (non-hydrogen) atoms. The van der Waals surface area contributed by atoms with Crippen LogP contribution in [0.25, 0.3) is 11.1 Å². The van der Waals surface area contributed by atoms with Gasteiger partial charge >= 0.3 is 0 Å². The number of benzene rings is 1. The van der Waals surface area contributed by atoms with Crippen molar-refractivity contribution >= 4 is 27.4 Å². The Morgan fingerprint density at radius 2 is 2.14 bits per heavy atom. The number of pyridine rings is 1. The molecule has 1 aromatic heterocycles. The van der Waals surface area contributed by atoms with Crippen LogP contribution in [0.15, 0.2) is 18.3 Å². The lowest BCUT2D eigenvalue weighted by Crippen LogP contribution is -2.40. The molecule has 0 bridgehead atoms. The van der Waals surface area contributed by atoms with Gasteiger partial charge in [-0.15, -0.1) is 4.28 Å². The van der Waals surface area contributed by atoms with Crippen molar-refractivity contribution in [2.45, 2.75) is 38.1 Å². The molecule has 1 aromatic carbocycles. The number of rotatable bonds is 7. The second kappa shape index (κ2) is 9.75. The summed E-state index contributed by atoms with van der Waals surface area (Å²) in [7, 11) is -1.77. The molecule has 2 aromatic rings. The molecule has 5 rings (SSSR count). The average molecular weight is 518 g/mol. The van der Waals surface area contributed by atoms with Crippen LogP contribution in [0, 0.1) is 0 Å². The van der Waals surface area contributed by atoms with Crippen molar-refractivity contribution in [2.75, 3.05) is 50.1 Å². The van der Waals surface area contributed by atoms with Crippen LogP contribution in [-0.4, -0.2) is 70.0 Å². The Balaban J connectivity index is 1.61. The van der Waals surface area contributed by atoms with Gasteiger partial charge in [-0.2, -0.15) is 8.42 Å². The number of nitrogens with zero attached hydrogens (tertiary/aromatic N) is 3. The van der Waals surface area contributed by atoms with Gasteiger partial charge in [-0.3, -0.25) is 4.79 Å². The maximum atomic E-state index is 12.6. The van der Waals surface area contributed by atoms with Crippen LogP contribution in [0.2, 0.25) is 0 Å². The van der Waals surface area contributed by atoms with Gasteiger partial charge in [0.2, 0.25) is 5.88 Å². The molecule has 11 nitrogen and oxygen atoms in total. The van der Waals surface area contributed by atoms with Crippen molar-refractivity contribution < 1.29 is 27.0 Å². The third kappa shape index (κ3) is 4.93. The lowest BCUT2D eigenvalue weighted by Gasteiger charge is -2.32. The van der Waals surface area contributed by atoms with Crippen LogP contribution < -0.4 is 25.6 Å². The molecule has 4 heterocycles. The summed E-state index contributed by atoms with van der Waals surface area (Å²) in [4.78, 5) is 19.4. The molecule has 12 heteroatoms. The summed E-state index contributed by atoms with van der Waals surface area (Å²) in [5.74, 6) is 0.239. The number of piperidine rings is 1. The minimum atomic E-state index is -3.84. The van der Waals surface area contributed by atoms with E-state index in [2.05, 4.69) is 22.2 Å². The van der Waals surface area contributed by atoms with Crippen molar-refractivity contribution in [1.29, 1.82) is 0 Å². The first-order valence-electron chi connectivity index (χ1n) is 12.1. The zero-order valence-electron chi connectivity index (χ0n) is 20.5. The van der Waals surface area contributed by atoms with E-state index in [4.69, 9.17) is 19.5 Å². The number of primary amides is 1. The molecule has 0 spiro atoms. The van der Waals surface area contributed by atoms with E-state index in [0.717, 1.165) is 56.0 Å². The molecule has 0 saturated carbocycles. The fourth-order valence-corrected chi connectivity index (χ4v) is 5.49. The Bertz CT molecular complexity index is 1280. The highest BCUT2D eigenvalue weighted by atomic mass is 32.2. The van der Waals surface area contributed by atoms with Gasteiger partial charge in [0, 0.05) is 28.9 Å². The zero-order chi connectivity index (χ0) is 25.4. The van der Waals surface area contributed by atoms with Gasteiger partial charge < -0.3 is 25.4 Å². The third-order valence-electron chi connectivity index (χ3n) is 6.80. The summed E-state index contributed by atoms with van der Waals surface area (Å²) in [6.07, 6.45) is 7.61. The van der Waals surface area contributed by atoms with Gasteiger partial charge in [-0.25, -0.2) is 10.0 Å². The van der Waals surface area contributed by atoms with E-state index in [-0.39, 0.29) is 18.3 Å². The van der Waals surface area contributed by atoms with Crippen molar-refractivity contribution in [3.8, 4) is 22.8 Å². The molecular weight excluding hydrogens is 486 g/mol. The molecular formula is C24H31N5O6S. The monoisotopic (exact) mass is 517 g/mol. The Kier molecular flexibility index (Phi) is 6.66. The number of carbonyl (C=O) groups is 1. The van der Waals surface area contributed by atoms with Crippen LogP contribution in [0.4, 0.5) is 11.4 Å². The van der Waals surface area contributed by atoms with E-state index in [1.54, 1.807) is 12.3 Å².